The molecule has 1 aromatic heterocycles. The number of aryl methyl sites for hydroxylation is 2. The summed E-state index contributed by atoms with van der Waals surface area (Å²) in [4.78, 5) is 5.90. The van der Waals surface area contributed by atoms with Crippen molar-refractivity contribution < 1.29 is 0 Å². The van der Waals surface area contributed by atoms with E-state index < -0.39 is 0 Å². The maximum atomic E-state index is 5.82. The molecule has 2 rings (SSSR count). The van der Waals surface area contributed by atoms with Crippen LogP contribution in [-0.4, -0.2) is 11.0 Å². The van der Waals surface area contributed by atoms with Gasteiger partial charge in [0.2, 0.25) is 0 Å². The molecular formula is C8H13ClN2S. The monoisotopic (exact) mass is 204 g/mol. The van der Waals surface area contributed by atoms with Crippen molar-refractivity contribution in [3.05, 3.63) is 15.6 Å². The van der Waals surface area contributed by atoms with Crippen LogP contribution in [0.1, 0.15) is 22.0 Å². The number of hydrogen-bond acceptors (Lipinski definition) is 3. The van der Waals surface area contributed by atoms with Gasteiger partial charge in [0.25, 0.3) is 0 Å². The number of hydrogen-bond donors (Lipinski definition) is 1. The largest absolute Gasteiger partial charge is 0.327 e. The van der Waals surface area contributed by atoms with E-state index in [4.69, 9.17) is 5.73 Å². The standard InChI is InChI=1S/C8H12N2S.ClH/c1-5-10-7-4-6(9)2-3-8(7)11-5;/h6H,2-4,9H2,1H3;1H. The molecule has 1 heterocycles. The van der Waals surface area contributed by atoms with Crippen LogP contribution in [0.4, 0.5) is 0 Å². The van der Waals surface area contributed by atoms with Crippen LogP contribution in [0.2, 0.25) is 0 Å². The van der Waals surface area contributed by atoms with Gasteiger partial charge in [0.15, 0.2) is 0 Å². The number of nitrogens with two attached hydrogens (primary N) is 1. The third kappa shape index (κ3) is 1.79. The molecule has 0 fully saturated rings. The fraction of sp³-hybridized carbons (Fsp3) is 0.625. The van der Waals surface area contributed by atoms with E-state index in [2.05, 4.69) is 11.9 Å². The fourth-order valence-electron chi connectivity index (χ4n) is 1.53. The third-order valence-electron chi connectivity index (χ3n) is 2.08. The quantitative estimate of drug-likeness (QED) is 0.699. The smallest absolute Gasteiger partial charge is 0.0900 e. The van der Waals surface area contributed by atoms with E-state index in [1.807, 2.05) is 11.3 Å². The van der Waals surface area contributed by atoms with Crippen LogP contribution in [0.15, 0.2) is 0 Å². The van der Waals surface area contributed by atoms with E-state index in [1.165, 1.54) is 15.6 Å². The van der Waals surface area contributed by atoms with Crippen LogP contribution >= 0.6 is 23.7 Å². The molecule has 0 aliphatic heterocycles. The molecule has 1 aliphatic rings. The van der Waals surface area contributed by atoms with E-state index >= 15 is 0 Å². The minimum absolute atomic E-state index is 0. The van der Waals surface area contributed by atoms with Crippen LogP contribution < -0.4 is 5.73 Å². The molecular weight excluding hydrogens is 192 g/mol. The van der Waals surface area contributed by atoms with Crippen molar-refractivity contribution in [2.24, 2.45) is 5.73 Å². The van der Waals surface area contributed by atoms with Gasteiger partial charge in [0, 0.05) is 17.3 Å². The van der Waals surface area contributed by atoms with Crippen LogP contribution in [0.3, 0.4) is 0 Å². The van der Waals surface area contributed by atoms with Gasteiger partial charge in [-0.25, -0.2) is 4.98 Å². The van der Waals surface area contributed by atoms with Crippen molar-refractivity contribution >= 4 is 23.7 Å². The fourth-order valence-corrected chi connectivity index (χ4v) is 2.51. The zero-order valence-electron chi connectivity index (χ0n) is 7.04. The number of fused-ring (bicyclic) bond motifs is 1. The highest BCUT2D eigenvalue weighted by Gasteiger charge is 2.18. The van der Waals surface area contributed by atoms with Crippen LogP contribution in [0.25, 0.3) is 0 Å². The number of aromatic nitrogens is 1. The summed E-state index contributed by atoms with van der Waals surface area (Å²) in [7, 11) is 0. The topological polar surface area (TPSA) is 38.9 Å². The molecule has 1 atom stereocenters. The summed E-state index contributed by atoms with van der Waals surface area (Å²) in [6.45, 7) is 2.06. The van der Waals surface area contributed by atoms with Crippen molar-refractivity contribution in [2.45, 2.75) is 32.2 Å². The lowest BCUT2D eigenvalue weighted by atomic mass is 9.99. The minimum Gasteiger partial charge on any atom is -0.327 e. The molecule has 2 N–H and O–H groups in total. The van der Waals surface area contributed by atoms with E-state index in [0.717, 1.165) is 19.3 Å². The second kappa shape index (κ2) is 3.73. The molecule has 0 aromatic carbocycles. The van der Waals surface area contributed by atoms with Gasteiger partial charge in [-0.2, -0.15) is 0 Å². The molecule has 0 saturated heterocycles. The van der Waals surface area contributed by atoms with E-state index in [1.54, 1.807) is 0 Å². The average Bonchev–Trinajstić information content (AvgIpc) is 2.27. The van der Waals surface area contributed by atoms with Gasteiger partial charge in [-0.1, -0.05) is 0 Å². The highest BCUT2D eigenvalue weighted by molar-refractivity contribution is 7.11. The first-order chi connectivity index (χ1) is 5.25. The van der Waals surface area contributed by atoms with Gasteiger partial charge in [0.1, 0.15) is 0 Å². The zero-order valence-corrected chi connectivity index (χ0v) is 8.67. The number of thiazole rings is 1. The Hall–Kier alpha value is -0.120. The Morgan fingerprint density at radius 2 is 2.33 bits per heavy atom. The molecule has 2 nitrogen and oxygen atoms in total. The molecule has 0 spiro atoms. The first kappa shape index (κ1) is 9.96. The summed E-state index contributed by atoms with van der Waals surface area (Å²) in [6.07, 6.45) is 3.26. The Morgan fingerprint density at radius 3 is 3.08 bits per heavy atom. The number of halogens is 1. The Bertz CT molecular complexity index is 272. The Morgan fingerprint density at radius 1 is 1.58 bits per heavy atom. The number of rotatable bonds is 0. The van der Waals surface area contributed by atoms with Gasteiger partial charge in [0.05, 0.1) is 10.7 Å². The normalized spacial score (nSPS) is 21.3. The molecule has 0 bridgehead atoms. The molecule has 12 heavy (non-hydrogen) atoms. The maximum absolute atomic E-state index is 5.82. The minimum atomic E-state index is 0. The van der Waals surface area contributed by atoms with Crippen molar-refractivity contribution in [3.8, 4) is 0 Å². The van der Waals surface area contributed by atoms with Crippen LogP contribution in [-0.2, 0) is 12.8 Å². The second-order valence-electron chi connectivity index (χ2n) is 3.11. The van der Waals surface area contributed by atoms with Crippen molar-refractivity contribution in [1.29, 1.82) is 0 Å². The Labute approximate surface area is 82.6 Å². The molecule has 1 aromatic rings. The molecule has 0 saturated carbocycles. The lowest BCUT2D eigenvalue weighted by Crippen LogP contribution is -2.27. The second-order valence-corrected chi connectivity index (χ2v) is 4.39. The van der Waals surface area contributed by atoms with Crippen molar-refractivity contribution in [3.63, 3.8) is 0 Å². The van der Waals surface area contributed by atoms with Gasteiger partial charge in [-0.3, -0.25) is 0 Å². The Kier molecular flexibility index (Phi) is 3.09. The maximum Gasteiger partial charge on any atom is 0.0900 e. The van der Waals surface area contributed by atoms with E-state index in [-0.39, 0.29) is 12.4 Å². The predicted octanol–water partition coefficient (Wildman–Crippen LogP) is 1.69. The summed E-state index contributed by atoms with van der Waals surface area (Å²) in [5.41, 5.74) is 7.08. The summed E-state index contributed by atoms with van der Waals surface area (Å²) >= 11 is 1.83. The van der Waals surface area contributed by atoms with Gasteiger partial charge in [-0.05, 0) is 19.8 Å². The highest BCUT2D eigenvalue weighted by Crippen LogP contribution is 2.25. The number of nitrogens with zero attached hydrogens (tertiary/aromatic N) is 1. The highest BCUT2D eigenvalue weighted by atomic mass is 35.5. The molecule has 1 unspecified atom stereocenters. The average molecular weight is 205 g/mol. The SMILES string of the molecule is Cc1nc2c(s1)CCC(N)C2.Cl. The summed E-state index contributed by atoms with van der Waals surface area (Å²) in [6, 6.07) is 0.351. The summed E-state index contributed by atoms with van der Waals surface area (Å²) in [5, 5.41) is 1.18. The van der Waals surface area contributed by atoms with Crippen LogP contribution in [0, 0.1) is 6.92 Å². The summed E-state index contributed by atoms with van der Waals surface area (Å²) < 4.78 is 0. The van der Waals surface area contributed by atoms with Crippen molar-refractivity contribution in [2.75, 3.05) is 0 Å². The Balaban J connectivity index is 0.000000720. The lowest BCUT2D eigenvalue weighted by Gasteiger charge is -2.15. The van der Waals surface area contributed by atoms with E-state index in [0.29, 0.717) is 6.04 Å². The molecule has 0 amide bonds. The predicted molar refractivity (Wildman–Crippen MR) is 54.1 cm³/mol. The zero-order chi connectivity index (χ0) is 7.84. The molecule has 68 valence electrons. The van der Waals surface area contributed by atoms with Gasteiger partial charge in [-0.15, -0.1) is 23.7 Å². The molecule has 4 heteroatoms. The lowest BCUT2D eigenvalue weighted by molar-refractivity contribution is 0.573. The summed E-state index contributed by atoms with van der Waals surface area (Å²) in [5.74, 6) is 0. The van der Waals surface area contributed by atoms with Gasteiger partial charge >= 0.3 is 0 Å². The first-order valence-electron chi connectivity index (χ1n) is 3.96. The van der Waals surface area contributed by atoms with Crippen molar-refractivity contribution in [1.82, 2.24) is 4.98 Å². The third-order valence-corrected chi connectivity index (χ3v) is 3.16. The first-order valence-corrected chi connectivity index (χ1v) is 4.78. The van der Waals surface area contributed by atoms with E-state index in [9.17, 15) is 0 Å². The van der Waals surface area contributed by atoms with Gasteiger partial charge < -0.3 is 5.73 Å². The molecule has 0 radical (unpaired) electrons. The molecule has 1 aliphatic carbocycles. The van der Waals surface area contributed by atoms with Crippen LogP contribution in [0.5, 0.6) is 0 Å².